The lowest BCUT2D eigenvalue weighted by Crippen LogP contribution is -2.44. The zero-order chi connectivity index (χ0) is 16.5. The predicted molar refractivity (Wildman–Crippen MR) is 107 cm³/mol. The monoisotopic (exact) mass is 398 g/mol. The predicted octanol–water partition coefficient (Wildman–Crippen LogP) is 3.34. The maximum Gasteiger partial charge on any atom is 0.191 e. The summed E-state index contributed by atoms with van der Waals surface area (Å²) in [6, 6.07) is 8.87. The van der Waals surface area contributed by atoms with Gasteiger partial charge in [-0.15, -0.1) is 0 Å². The Hall–Kier alpha value is -0.880. The Kier molecular flexibility index (Phi) is 8.09. The molecule has 1 saturated heterocycles. The van der Waals surface area contributed by atoms with Gasteiger partial charge in [0.2, 0.25) is 0 Å². The fourth-order valence-corrected chi connectivity index (χ4v) is 3.80. The molecule has 0 amide bonds. The number of aliphatic imine (C=N–C) groups is 1. The molecule has 0 saturated carbocycles. The molecule has 0 aliphatic carbocycles. The van der Waals surface area contributed by atoms with Crippen molar-refractivity contribution < 1.29 is 0 Å². The van der Waals surface area contributed by atoms with E-state index in [1.165, 1.54) is 24.3 Å². The second-order valence-electron chi connectivity index (χ2n) is 5.73. The number of thioether (sulfide) groups is 1. The Morgan fingerprint density at radius 1 is 1.39 bits per heavy atom. The van der Waals surface area contributed by atoms with Crippen molar-refractivity contribution in [2.45, 2.75) is 25.3 Å². The zero-order valence-electron chi connectivity index (χ0n) is 14.0. The number of nitrogens with zero attached hydrogens (tertiary/aromatic N) is 2. The maximum absolute atomic E-state index is 4.35. The van der Waals surface area contributed by atoms with Crippen molar-refractivity contribution in [3.8, 4) is 0 Å². The minimum Gasteiger partial charge on any atom is -0.368 e. The first kappa shape index (κ1) is 18.5. The van der Waals surface area contributed by atoms with Gasteiger partial charge in [-0.25, -0.2) is 0 Å². The molecule has 0 aromatic heterocycles. The molecule has 1 aromatic carbocycles. The van der Waals surface area contributed by atoms with Gasteiger partial charge in [0.1, 0.15) is 0 Å². The van der Waals surface area contributed by atoms with E-state index < -0.39 is 0 Å². The summed E-state index contributed by atoms with van der Waals surface area (Å²) in [6.07, 6.45) is 5.74. The van der Waals surface area contributed by atoms with Crippen LogP contribution >= 0.6 is 27.7 Å². The number of anilines is 1. The van der Waals surface area contributed by atoms with E-state index in [4.69, 9.17) is 0 Å². The van der Waals surface area contributed by atoms with E-state index in [2.05, 4.69) is 67.0 Å². The van der Waals surface area contributed by atoms with Crippen molar-refractivity contribution in [1.82, 2.24) is 10.6 Å². The van der Waals surface area contributed by atoms with Gasteiger partial charge in [-0.1, -0.05) is 12.1 Å². The smallest absolute Gasteiger partial charge is 0.191 e. The average Bonchev–Trinajstić information content (AvgIpc) is 3.02. The Labute approximate surface area is 152 Å². The minimum atomic E-state index is 0.444. The maximum atomic E-state index is 4.35. The molecular formula is C17H27BrN4S. The third-order valence-electron chi connectivity index (χ3n) is 4.01. The van der Waals surface area contributed by atoms with Crippen LogP contribution in [-0.4, -0.2) is 50.7 Å². The van der Waals surface area contributed by atoms with Crippen LogP contribution in [-0.2, 0) is 0 Å². The highest BCUT2D eigenvalue weighted by Crippen LogP contribution is 2.28. The standard InChI is InChI=1S/C17H27BrN4S/c1-19-17(20-10-5-6-12-23-2)21-14-9-11-22(13-14)16-8-4-3-7-15(16)18/h3-4,7-8,14H,5-6,9-13H2,1-2H3,(H2,19,20,21). The number of nitrogens with one attached hydrogen (secondary N) is 2. The van der Waals surface area contributed by atoms with Gasteiger partial charge in [0.25, 0.3) is 0 Å². The number of hydrogen-bond acceptors (Lipinski definition) is 3. The van der Waals surface area contributed by atoms with Crippen LogP contribution in [0.1, 0.15) is 19.3 Å². The van der Waals surface area contributed by atoms with Crippen LogP contribution < -0.4 is 15.5 Å². The summed E-state index contributed by atoms with van der Waals surface area (Å²) >= 11 is 5.55. The molecule has 0 radical (unpaired) electrons. The highest BCUT2D eigenvalue weighted by atomic mass is 79.9. The Bertz CT molecular complexity index is 509. The fourth-order valence-electron chi connectivity index (χ4n) is 2.77. The Balaban J connectivity index is 1.76. The topological polar surface area (TPSA) is 39.7 Å². The largest absolute Gasteiger partial charge is 0.368 e. The summed E-state index contributed by atoms with van der Waals surface area (Å²) in [5, 5.41) is 6.98. The van der Waals surface area contributed by atoms with Crippen LogP contribution in [0.4, 0.5) is 5.69 Å². The van der Waals surface area contributed by atoms with Crippen LogP contribution in [0.5, 0.6) is 0 Å². The van der Waals surface area contributed by atoms with Crippen LogP contribution in [0, 0.1) is 0 Å². The highest BCUT2D eigenvalue weighted by Gasteiger charge is 2.24. The van der Waals surface area contributed by atoms with Gasteiger partial charge in [-0.05, 0) is 59.3 Å². The molecule has 128 valence electrons. The average molecular weight is 399 g/mol. The lowest BCUT2D eigenvalue weighted by molar-refractivity contribution is 0.642. The molecule has 1 aliphatic heterocycles. The van der Waals surface area contributed by atoms with Crippen molar-refractivity contribution in [1.29, 1.82) is 0 Å². The molecule has 1 aliphatic rings. The van der Waals surface area contributed by atoms with Crippen molar-refractivity contribution in [2.75, 3.05) is 43.6 Å². The summed E-state index contributed by atoms with van der Waals surface area (Å²) in [5.41, 5.74) is 1.27. The second-order valence-corrected chi connectivity index (χ2v) is 7.57. The van der Waals surface area contributed by atoms with E-state index in [-0.39, 0.29) is 0 Å². The molecule has 6 heteroatoms. The minimum absolute atomic E-state index is 0.444. The first-order chi connectivity index (χ1) is 11.2. The molecule has 0 bridgehead atoms. The van der Waals surface area contributed by atoms with Crippen LogP contribution in [0.3, 0.4) is 0 Å². The number of halogens is 1. The normalized spacial score (nSPS) is 18.3. The number of benzene rings is 1. The number of guanidine groups is 1. The third kappa shape index (κ3) is 5.92. The summed E-state index contributed by atoms with van der Waals surface area (Å²) in [5.74, 6) is 2.16. The summed E-state index contributed by atoms with van der Waals surface area (Å²) < 4.78 is 1.16. The Morgan fingerprint density at radius 2 is 2.22 bits per heavy atom. The molecule has 1 unspecified atom stereocenters. The van der Waals surface area contributed by atoms with Crippen molar-refractivity contribution in [3.05, 3.63) is 28.7 Å². The van der Waals surface area contributed by atoms with Crippen molar-refractivity contribution in [2.24, 2.45) is 4.99 Å². The molecule has 1 fully saturated rings. The quantitative estimate of drug-likeness (QED) is 0.419. The van der Waals surface area contributed by atoms with Crippen LogP contribution in [0.25, 0.3) is 0 Å². The van der Waals surface area contributed by atoms with E-state index in [1.807, 2.05) is 18.8 Å². The first-order valence-electron chi connectivity index (χ1n) is 8.20. The molecule has 0 spiro atoms. The van der Waals surface area contributed by atoms with E-state index in [9.17, 15) is 0 Å². The summed E-state index contributed by atoms with van der Waals surface area (Å²) in [7, 11) is 1.84. The summed E-state index contributed by atoms with van der Waals surface area (Å²) in [6.45, 7) is 3.07. The van der Waals surface area contributed by atoms with Gasteiger partial charge in [-0.3, -0.25) is 4.99 Å². The van der Waals surface area contributed by atoms with Gasteiger partial charge >= 0.3 is 0 Å². The summed E-state index contributed by atoms with van der Waals surface area (Å²) in [4.78, 5) is 6.77. The molecule has 1 heterocycles. The van der Waals surface area contributed by atoms with E-state index in [0.717, 1.165) is 36.5 Å². The van der Waals surface area contributed by atoms with E-state index >= 15 is 0 Å². The number of para-hydroxylation sites is 1. The molecule has 23 heavy (non-hydrogen) atoms. The fraction of sp³-hybridized carbons (Fsp3) is 0.588. The van der Waals surface area contributed by atoms with Gasteiger partial charge < -0.3 is 15.5 Å². The molecule has 1 aromatic rings. The molecular weight excluding hydrogens is 372 g/mol. The molecule has 2 rings (SSSR count). The van der Waals surface area contributed by atoms with Crippen molar-refractivity contribution >= 4 is 39.3 Å². The van der Waals surface area contributed by atoms with Gasteiger partial charge in [-0.2, -0.15) is 11.8 Å². The van der Waals surface area contributed by atoms with Crippen LogP contribution in [0.15, 0.2) is 33.7 Å². The van der Waals surface area contributed by atoms with Gasteiger partial charge in [0, 0.05) is 37.2 Å². The highest BCUT2D eigenvalue weighted by molar-refractivity contribution is 9.10. The number of hydrogen-bond donors (Lipinski definition) is 2. The molecule has 4 nitrogen and oxygen atoms in total. The van der Waals surface area contributed by atoms with Crippen molar-refractivity contribution in [3.63, 3.8) is 0 Å². The van der Waals surface area contributed by atoms with E-state index in [1.54, 1.807) is 0 Å². The van der Waals surface area contributed by atoms with Gasteiger partial charge in [0.05, 0.1) is 5.69 Å². The number of unbranched alkanes of at least 4 members (excludes halogenated alkanes) is 1. The molecule has 2 N–H and O–H groups in total. The lowest BCUT2D eigenvalue weighted by Gasteiger charge is -2.21. The zero-order valence-corrected chi connectivity index (χ0v) is 16.4. The van der Waals surface area contributed by atoms with Gasteiger partial charge in [0.15, 0.2) is 5.96 Å². The second kappa shape index (κ2) is 10.1. The van der Waals surface area contributed by atoms with Crippen LogP contribution in [0.2, 0.25) is 0 Å². The third-order valence-corrected chi connectivity index (χ3v) is 5.38. The number of rotatable bonds is 7. The first-order valence-corrected chi connectivity index (χ1v) is 10.4. The SMILES string of the molecule is CN=C(NCCCCSC)NC1CCN(c2ccccc2Br)C1. The molecule has 1 atom stereocenters. The van der Waals surface area contributed by atoms with E-state index in [0.29, 0.717) is 6.04 Å². The lowest BCUT2D eigenvalue weighted by atomic mass is 10.2. The Morgan fingerprint density at radius 3 is 2.96 bits per heavy atom.